The van der Waals surface area contributed by atoms with E-state index in [2.05, 4.69) is 15.2 Å². The number of imide groups is 1. The first-order valence-corrected chi connectivity index (χ1v) is 12.2. The first-order valence-electron chi connectivity index (χ1n) is 12.2. The number of fused-ring (bicyclic) bond motifs is 1. The highest BCUT2D eigenvalue weighted by Crippen LogP contribution is 2.35. The van der Waals surface area contributed by atoms with E-state index < -0.39 is 23.9 Å². The number of halogens is 3. The number of hydrogen-bond donors (Lipinski definition) is 1. The lowest BCUT2D eigenvalue weighted by Gasteiger charge is -2.32. The average Bonchev–Trinajstić information content (AvgIpc) is 3.20. The fraction of sp³-hybridized carbons (Fsp3) is 0.385. The summed E-state index contributed by atoms with van der Waals surface area (Å²) in [6.45, 7) is 0.597. The maximum absolute atomic E-state index is 13.0. The van der Waals surface area contributed by atoms with E-state index in [9.17, 15) is 27.6 Å². The Labute approximate surface area is 215 Å². The summed E-state index contributed by atoms with van der Waals surface area (Å²) in [5.74, 6) is -1.69. The van der Waals surface area contributed by atoms with Crippen molar-refractivity contribution in [1.29, 1.82) is 0 Å². The van der Waals surface area contributed by atoms with Crippen molar-refractivity contribution in [2.24, 2.45) is 7.05 Å². The Morgan fingerprint density at radius 3 is 2.45 bits per heavy atom. The Morgan fingerprint density at radius 1 is 1.03 bits per heavy atom. The van der Waals surface area contributed by atoms with Crippen molar-refractivity contribution in [3.8, 4) is 11.5 Å². The maximum atomic E-state index is 13.0. The standard InChI is InChI=1S/C26H25F3N4O5/c1-32-23-17(22(31-32)18-9-10-21(34)30-24(18)35)6-4-8-20(23)37-15-11-13-33(14-12-15)25(36)16-5-2-3-7-19(16)38-26(27,28)29/h2-8,15,18H,9-14H2,1H3,(H,30,34,35). The molecular formula is C26H25F3N4O5. The molecule has 2 aliphatic rings. The van der Waals surface area contributed by atoms with Gasteiger partial charge in [0.05, 0.1) is 17.2 Å². The predicted molar refractivity (Wildman–Crippen MR) is 129 cm³/mol. The first kappa shape index (κ1) is 25.6. The Morgan fingerprint density at radius 2 is 1.74 bits per heavy atom. The molecule has 1 aromatic heterocycles. The van der Waals surface area contributed by atoms with E-state index in [4.69, 9.17) is 4.74 Å². The molecule has 9 nitrogen and oxygen atoms in total. The van der Waals surface area contributed by atoms with Crippen LogP contribution in [-0.4, -0.2) is 58.0 Å². The number of ether oxygens (including phenoxy) is 2. The molecule has 3 heterocycles. The molecule has 0 bridgehead atoms. The SMILES string of the molecule is Cn1nc(C2CCC(=O)NC2=O)c2cccc(OC3CCN(C(=O)c4ccccc4OC(F)(F)F)CC3)c21. The van der Waals surface area contributed by atoms with Gasteiger partial charge in [0.25, 0.3) is 5.91 Å². The molecule has 0 aliphatic carbocycles. The van der Waals surface area contributed by atoms with Gasteiger partial charge in [-0.3, -0.25) is 24.4 Å². The van der Waals surface area contributed by atoms with Gasteiger partial charge < -0.3 is 14.4 Å². The van der Waals surface area contributed by atoms with Crippen LogP contribution in [-0.2, 0) is 16.6 Å². The molecule has 2 saturated heterocycles. The van der Waals surface area contributed by atoms with Crippen LogP contribution in [0.1, 0.15) is 47.7 Å². The van der Waals surface area contributed by atoms with Crippen LogP contribution in [0.3, 0.4) is 0 Å². The average molecular weight is 531 g/mol. The third-order valence-electron chi connectivity index (χ3n) is 6.79. The van der Waals surface area contributed by atoms with E-state index in [0.29, 0.717) is 49.3 Å². The van der Waals surface area contributed by atoms with Crippen LogP contribution in [0.5, 0.6) is 11.5 Å². The highest BCUT2D eigenvalue weighted by Gasteiger charge is 2.35. The van der Waals surface area contributed by atoms with Crippen LogP contribution >= 0.6 is 0 Å². The highest BCUT2D eigenvalue weighted by atomic mass is 19.4. The number of nitrogens with one attached hydrogen (secondary N) is 1. The summed E-state index contributed by atoms with van der Waals surface area (Å²) in [5.41, 5.74) is 1.15. The topological polar surface area (TPSA) is 103 Å². The number of amides is 3. The zero-order chi connectivity index (χ0) is 27.0. The van der Waals surface area contributed by atoms with Gasteiger partial charge in [-0.05, 0) is 24.6 Å². The fourth-order valence-corrected chi connectivity index (χ4v) is 5.02. The smallest absolute Gasteiger partial charge is 0.488 e. The normalized spacial score (nSPS) is 18.9. The number of alkyl halides is 3. The quantitative estimate of drug-likeness (QED) is 0.505. The number of para-hydroxylation sites is 2. The molecule has 0 saturated carbocycles. The van der Waals surface area contributed by atoms with Gasteiger partial charge in [-0.25, -0.2) is 0 Å². The summed E-state index contributed by atoms with van der Waals surface area (Å²) in [6, 6.07) is 10.8. The van der Waals surface area contributed by atoms with Gasteiger partial charge in [-0.1, -0.05) is 24.3 Å². The van der Waals surface area contributed by atoms with Crippen LogP contribution in [0.25, 0.3) is 10.9 Å². The van der Waals surface area contributed by atoms with Crippen molar-refractivity contribution < 1.29 is 37.0 Å². The zero-order valence-electron chi connectivity index (χ0n) is 20.5. The minimum absolute atomic E-state index is 0.148. The zero-order valence-corrected chi connectivity index (χ0v) is 20.5. The number of hydrogen-bond acceptors (Lipinski definition) is 6. The molecule has 2 fully saturated rings. The maximum Gasteiger partial charge on any atom is 0.573 e. The van der Waals surface area contributed by atoms with Gasteiger partial charge in [-0.2, -0.15) is 5.10 Å². The summed E-state index contributed by atoms with van der Waals surface area (Å²) in [5, 5.41) is 7.69. The molecule has 0 spiro atoms. The molecule has 3 amide bonds. The van der Waals surface area contributed by atoms with Gasteiger partial charge in [-0.15, -0.1) is 13.2 Å². The van der Waals surface area contributed by atoms with Gasteiger partial charge in [0.2, 0.25) is 11.8 Å². The molecular weight excluding hydrogens is 505 g/mol. The number of rotatable bonds is 5. The van der Waals surface area contributed by atoms with Crippen molar-refractivity contribution >= 4 is 28.6 Å². The molecule has 3 aromatic rings. The second-order valence-electron chi connectivity index (χ2n) is 9.32. The molecule has 1 unspecified atom stereocenters. The van der Waals surface area contributed by atoms with E-state index in [1.165, 1.54) is 23.1 Å². The molecule has 2 aliphatic heterocycles. The number of aryl methyl sites for hydroxylation is 1. The summed E-state index contributed by atoms with van der Waals surface area (Å²) < 4.78 is 50.3. The summed E-state index contributed by atoms with van der Waals surface area (Å²) >= 11 is 0. The number of benzene rings is 2. The van der Waals surface area contributed by atoms with Crippen molar-refractivity contribution in [2.75, 3.05) is 13.1 Å². The second kappa shape index (κ2) is 9.99. The van der Waals surface area contributed by atoms with Crippen LogP contribution in [0.2, 0.25) is 0 Å². The molecule has 1 N–H and O–H groups in total. The number of aromatic nitrogens is 2. The third kappa shape index (κ3) is 5.15. The van der Waals surface area contributed by atoms with Gasteiger partial charge >= 0.3 is 6.36 Å². The molecule has 1 atom stereocenters. The Bertz CT molecular complexity index is 1400. The molecule has 200 valence electrons. The number of nitrogens with zero attached hydrogens (tertiary/aromatic N) is 3. The minimum atomic E-state index is -4.90. The number of carbonyl (C=O) groups is 3. The lowest BCUT2D eigenvalue weighted by Crippen LogP contribution is -2.42. The largest absolute Gasteiger partial charge is 0.573 e. The number of likely N-dealkylation sites (tertiary alicyclic amines) is 1. The molecule has 38 heavy (non-hydrogen) atoms. The van der Waals surface area contributed by atoms with E-state index in [1.807, 2.05) is 12.1 Å². The van der Waals surface area contributed by atoms with E-state index >= 15 is 0 Å². The van der Waals surface area contributed by atoms with Crippen molar-refractivity contribution in [1.82, 2.24) is 20.0 Å². The Hall–Kier alpha value is -4.09. The van der Waals surface area contributed by atoms with Gasteiger partial charge in [0, 0.05) is 44.8 Å². The Kier molecular flexibility index (Phi) is 6.72. The van der Waals surface area contributed by atoms with Crippen LogP contribution in [0, 0.1) is 0 Å². The van der Waals surface area contributed by atoms with Crippen molar-refractivity contribution in [3.05, 3.63) is 53.7 Å². The van der Waals surface area contributed by atoms with E-state index in [0.717, 1.165) is 11.5 Å². The molecule has 5 rings (SSSR count). The first-order chi connectivity index (χ1) is 18.1. The molecule has 0 radical (unpaired) electrons. The van der Waals surface area contributed by atoms with Crippen LogP contribution in [0.4, 0.5) is 13.2 Å². The van der Waals surface area contributed by atoms with Crippen molar-refractivity contribution in [2.45, 2.75) is 44.1 Å². The van der Waals surface area contributed by atoms with Gasteiger partial charge in [0.15, 0.2) is 0 Å². The molecule has 2 aromatic carbocycles. The monoisotopic (exact) mass is 530 g/mol. The van der Waals surface area contributed by atoms with E-state index in [1.54, 1.807) is 17.8 Å². The number of carbonyl (C=O) groups excluding carboxylic acids is 3. The summed E-state index contributed by atoms with van der Waals surface area (Å²) in [6.07, 6.45) is -3.56. The second-order valence-corrected chi connectivity index (χ2v) is 9.32. The lowest BCUT2D eigenvalue weighted by atomic mass is 9.93. The van der Waals surface area contributed by atoms with Crippen LogP contribution in [0.15, 0.2) is 42.5 Å². The van der Waals surface area contributed by atoms with E-state index in [-0.39, 0.29) is 29.9 Å². The van der Waals surface area contributed by atoms with Crippen molar-refractivity contribution in [3.63, 3.8) is 0 Å². The van der Waals surface area contributed by atoms with Gasteiger partial charge in [0.1, 0.15) is 23.1 Å². The Balaban J connectivity index is 1.28. The fourth-order valence-electron chi connectivity index (χ4n) is 5.02. The lowest BCUT2D eigenvalue weighted by molar-refractivity contribution is -0.274. The third-order valence-corrected chi connectivity index (χ3v) is 6.79. The molecule has 12 heteroatoms. The minimum Gasteiger partial charge on any atom is -0.488 e. The summed E-state index contributed by atoms with van der Waals surface area (Å²) in [4.78, 5) is 38.4. The number of piperidine rings is 2. The highest BCUT2D eigenvalue weighted by molar-refractivity contribution is 6.03. The summed E-state index contributed by atoms with van der Waals surface area (Å²) in [7, 11) is 1.76. The van der Waals surface area contributed by atoms with Crippen LogP contribution < -0.4 is 14.8 Å². The predicted octanol–water partition coefficient (Wildman–Crippen LogP) is 3.68.